The van der Waals surface area contributed by atoms with E-state index in [9.17, 15) is 4.39 Å². The SMILES string of the molecule is CCNc1ncnc(Nc2ccc(Cl)c(F)c2)c1Br. The molecule has 2 rings (SSSR count). The normalized spacial score (nSPS) is 10.3. The minimum Gasteiger partial charge on any atom is -0.369 e. The number of hydrogen-bond donors (Lipinski definition) is 2. The van der Waals surface area contributed by atoms with Crippen molar-refractivity contribution in [1.82, 2.24) is 9.97 Å². The summed E-state index contributed by atoms with van der Waals surface area (Å²) in [7, 11) is 0. The summed E-state index contributed by atoms with van der Waals surface area (Å²) in [4.78, 5) is 8.20. The number of nitrogens with one attached hydrogen (secondary N) is 2. The molecule has 19 heavy (non-hydrogen) atoms. The Morgan fingerprint density at radius 1 is 1.32 bits per heavy atom. The molecule has 0 aliphatic heterocycles. The molecule has 0 saturated heterocycles. The topological polar surface area (TPSA) is 49.8 Å². The Hall–Kier alpha value is -1.40. The van der Waals surface area contributed by atoms with Gasteiger partial charge in [-0.1, -0.05) is 11.6 Å². The molecule has 0 atom stereocenters. The molecule has 1 aromatic heterocycles. The second kappa shape index (κ2) is 6.16. The Labute approximate surface area is 123 Å². The van der Waals surface area contributed by atoms with Crippen molar-refractivity contribution in [1.29, 1.82) is 0 Å². The van der Waals surface area contributed by atoms with Gasteiger partial charge in [0.25, 0.3) is 0 Å². The summed E-state index contributed by atoms with van der Waals surface area (Å²) < 4.78 is 14.0. The van der Waals surface area contributed by atoms with Gasteiger partial charge in [-0.3, -0.25) is 0 Å². The van der Waals surface area contributed by atoms with Crippen molar-refractivity contribution < 1.29 is 4.39 Å². The van der Waals surface area contributed by atoms with Crippen LogP contribution in [-0.4, -0.2) is 16.5 Å². The third-order valence-electron chi connectivity index (χ3n) is 2.32. The Morgan fingerprint density at radius 3 is 2.74 bits per heavy atom. The molecule has 7 heteroatoms. The lowest BCUT2D eigenvalue weighted by atomic mass is 10.3. The van der Waals surface area contributed by atoms with E-state index in [-0.39, 0.29) is 5.02 Å². The van der Waals surface area contributed by atoms with E-state index in [0.717, 1.165) is 6.54 Å². The Kier molecular flexibility index (Phi) is 4.55. The Bertz CT molecular complexity index is 594. The summed E-state index contributed by atoms with van der Waals surface area (Å²) in [6, 6.07) is 4.47. The van der Waals surface area contributed by atoms with E-state index in [1.54, 1.807) is 6.07 Å². The number of halogens is 3. The molecule has 0 bridgehead atoms. The maximum absolute atomic E-state index is 13.4. The fourth-order valence-corrected chi connectivity index (χ4v) is 2.02. The van der Waals surface area contributed by atoms with Crippen molar-refractivity contribution in [2.75, 3.05) is 17.2 Å². The average Bonchev–Trinajstić information content (AvgIpc) is 2.39. The van der Waals surface area contributed by atoms with Crippen molar-refractivity contribution >= 4 is 44.9 Å². The number of anilines is 3. The van der Waals surface area contributed by atoms with Crippen LogP contribution in [0.5, 0.6) is 0 Å². The molecule has 1 aromatic carbocycles. The first kappa shape index (κ1) is 14.0. The summed E-state index contributed by atoms with van der Waals surface area (Å²) in [5.74, 6) is 0.742. The summed E-state index contributed by atoms with van der Waals surface area (Å²) in [5, 5.41) is 6.18. The van der Waals surface area contributed by atoms with Crippen LogP contribution in [0.25, 0.3) is 0 Å². The lowest BCUT2D eigenvalue weighted by Gasteiger charge is -2.11. The Morgan fingerprint density at radius 2 is 2.05 bits per heavy atom. The van der Waals surface area contributed by atoms with Crippen LogP contribution in [0.2, 0.25) is 5.02 Å². The van der Waals surface area contributed by atoms with Crippen LogP contribution in [-0.2, 0) is 0 Å². The molecule has 0 radical (unpaired) electrons. The molecule has 1 heterocycles. The van der Waals surface area contributed by atoms with Gasteiger partial charge in [0.15, 0.2) is 0 Å². The fraction of sp³-hybridized carbons (Fsp3) is 0.167. The molecule has 0 fully saturated rings. The largest absolute Gasteiger partial charge is 0.369 e. The molecule has 100 valence electrons. The van der Waals surface area contributed by atoms with Crippen LogP contribution < -0.4 is 10.6 Å². The van der Waals surface area contributed by atoms with Crippen molar-refractivity contribution in [3.8, 4) is 0 Å². The van der Waals surface area contributed by atoms with Crippen molar-refractivity contribution in [3.05, 3.63) is 39.8 Å². The highest BCUT2D eigenvalue weighted by Gasteiger charge is 2.09. The molecule has 2 aromatic rings. The third-order valence-corrected chi connectivity index (χ3v) is 3.37. The first-order valence-electron chi connectivity index (χ1n) is 5.58. The minimum atomic E-state index is -0.483. The van der Waals surface area contributed by atoms with Crippen LogP contribution in [0.1, 0.15) is 6.92 Å². The van der Waals surface area contributed by atoms with Crippen LogP contribution in [0.4, 0.5) is 21.7 Å². The van der Waals surface area contributed by atoms with Crippen LogP contribution in [0.15, 0.2) is 29.0 Å². The lowest BCUT2D eigenvalue weighted by molar-refractivity contribution is 0.629. The molecule has 0 unspecified atom stereocenters. The summed E-state index contributed by atoms with van der Waals surface area (Å²) in [6.45, 7) is 2.71. The zero-order valence-corrected chi connectivity index (χ0v) is 12.4. The van der Waals surface area contributed by atoms with Crippen molar-refractivity contribution in [2.24, 2.45) is 0 Å². The van der Waals surface area contributed by atoms with Gasteiger partial charge in [-0.05, 0) is 41.1 Å². The van der Waals surface area contributed by atoms with Gasteiger partial charge in [0, 0.05) is 12.2 Å². The highest BCUT2D eigenvalue weighted by molar-refractivity contribution is 9.10. The second-order valence-electron chi connectivity index (χ2n) is 3.67. The van der Waals surface area contributed by atoms with Gasteiger partial charge in [-0.25, -0.2) is 14.4 Å². The summed E-state index contributed by atoms with van der Waals surface area (Å²) in [6.07, 6.45) is 1.43. The van der Waals surface area contributed by atoms with E-state index in [1.807, 2.05) is 6.92 Å². The predicted molar refractivity (Wildman–Crippen MR) is 78.6 cm³/mol. The van der Waals surface area contributed by atoms with Crippen LogP contribution in [0, 0.1) is 5.82 Å². The maximum Gasteiger partial charge on any atom is 0.150 e. The monoisotopic (exact) mass is 344 g/mol. The van der Waals surface area contributed by atoms with E-state index >= 15 is 0 Å². The molecule has 4 nitrogen and oxygen atoms in total. The Balaban J connectivity index is 2.27. The predicted octanol–water partition coefficient (Wildman–Crippen LogP) is 4.21. The zero-order chi connectivity index (χ0) is 13.8. The second-order valence-corrected chi connectivity index (χ2v) is 4.87. The molecule has 0 aliphatic rings. The lowest BCUT2D eigenvalue weighted by Crippen LogP contribution is -2.03. The highest BCUT2D eigenvalue weighted by atomic mass is 79.9. The molecule has 0 saturated carbocycles. The van der Waals surface area contributed by atoms with Crippen LogP contribution in [0.3, 0.4) is 0 Å². The molecule has 0 amide bonds. The quantitative estimate of drug-likeness (QED) is 0.871. The van der Waals surface area contributed by atoms with Crippen molar-refractivity contribution in [3.63, 3.8) is 0 Å². The van der Waals surface area contributed by atoms with E-state index in [0.29, 0.717) is 21.8 Å². The first-order valence-corrected chi connectivity index (χ1v) is 6.75. The summed E-state index contributed by atoms with van der Waals surface area (Å²) in [5.41, 5.74) is 0.559. The average molecular weight is 346 g/mol. The molecule has 0 spiro atoms. The highest BCUT2D eigenvalue weighted by Crippen LogP contribution is 2.29. The number of rotatable bonds is 4. The first-order chi connectivity index (χ1) is 9.11. The number of nitrogens with zero attached hydrogens (tertiary/aromatic N) is 2. The smallest absolute Gasteiger partial charge is 0.150 e. The third kappa shape index (κ3) is 3.33. The van der Waals surface area contributed by atoms with Gasteiger partial charge in [-0.2, -0.15) is 0 Å². The van der Waals surface area contributed by atoms with Crippen LogP contribution >= 0.6 is 27.5 Å². The van der Waals surface area contributed by atoms with Gasteiger partial charge in [0.1, 0.15) is 28.3 Å². The molecular weight excluding hydrogens is 335 g/mol. The van der Waals surface area contributed by atoms with Gasteiger partial charge in [-0.15, -0.1) is 0 Å². The summed E-state index contributed by atoms with van der Waals surface area (Å²) >= 11 is 9.04. The number of aromatic nitrogens is 2. The molecular formula is C12H11BrClFN4. The van der Waals surface area contributed by atoms with Gasteiger partial charge >= 0.3 is 0 Å². The van der Waals surface area contributed by atoms with E-state index in [2.05, 4.69) is 36.5 Å². The minimum absolute atomic E-state index is 0.0839. The van der Waals surface area contributed by atoms with E-state index in [1.165, 1.54) is 18.5 Å². The zero-order valence-electron chi connectivity index (χ0n) is 10.0. The van der Waals surface area contributed by atoms with E-state index < -0.39 is 5.82 Å². The number of benzene rings is 1. The van der Waals surface area contributed by atoms with Gasteiger partial charge in [0.2, 0.25) is 0 Å². The number of hydrogen-bond acceptors (Lipinski definition) is 4. The fourth-order valence-electron chi connectivity index (χ4n) is 1.46. The maximum atomic E-state index is 13.4. The van der Waals surface area contributed by atoms with E-state index in [4.69, 9.17) is 11.6 Å². The molecule has 0 aliphatic carbocycles. The van der Waals surface area contributed by atoms with Crippen molar-refractivity contribution in [2.45, 2.75) is 6.92 Å². The molecule has 2 N–H and O–H groups in total. The standard InChI is InChI=1S/C12H11BrClFN4/c1-2-16-11-10(13)12(18-6-17-11)19-7-3-4-8(14)9(15)5-7/h3-6H,2H2,1H3,(H2,16,17,18,19). The van der Waals surface area contributed by atoms with Gasteiger partial charge < -0.3 is 10.6 Å². The van der Waals surface area contributed by atoms with Gasteiger partial charge in [0.05, 0.1) is 5.02 Å².